The highest BCUT2D eigenvalue weighted by Gasteiger charge is 2.38. The van der Waals surface area contributed by atoms with E-state index in [9.17, 15) is 13.2 Å². The molecule has 0 aliphatic carbocycles. The lowest BCUT2D eigenvalue weighted by atomic mass is 9.78. The lowest BCUT2D eigenvalue weighted by Crippen LogP contribution is -2.55. The van der Waals surface area contributed by atoms with Gasteiger partial charge in [0.15, 0.2) is 0 Å². The molecule has 0 radical (unpaired) electrons. The van der Waals surface area contributed by atoms with E-state index in [0.29, 0.717) is 29.8 Å². The van der Waals surface area contributed by atoms with Crippen molar-refractivity contribution in [3.05, 3.63) is 66.2 Å². The predicted octanol–water partition coefficient (Wildman–Crippen LogP) is 3.60. The van der Waals surface area contributed by atoms with Crippen molar-refractivity contribution < 1.29 is 13.2 Å². The summed E-state index contributed by atoms with van der Waals surface area (Å²) >= 11 is 0. The summed E-state index contributed by atoms with van der Waals surface area (Å²) < 4.78 is 28.0. The first-order valence-electron chi connectivity index (χ1n) is 12.3. The first-order valence-corrected chi connectivity index (χ1v) is 13.7. The SMILES string of the molecule is CN1C(=O)CCC2CN(CCC(C)(CN(C)S(=O)(=O)c3ccccc3)c3ccccc3)CCC21. The van der Waals surface area contributed by atoms with Gasteiger partial charge in [-0.05, 0) is 49.4 Å². The summed E-state index contributed by atoms with van der Waals surface area (Å²) in [6.07, 6.45) is 3.49. The summed E-state index contributed by atoms with van der Waals surface area (Å²) in [4.78, 5) is 16.9. The zero-order valence-electron chi connectivity index (χ0n) is 20.6. The van der Waals surface area contributed by atoms with E-state index in [2.05, 4.69) is 24.0 Å². The van der Waals surface area contributed by atoms with Crippen molar-refractivity contribution in [1.29, 1.82) is 0 Å². The van der Waals surface area contributed by atoms with E-state index in [-0.39, 0.29) is 11.3 Å². The van der Waals surface area contributed by atoms with Crippen molar-refractivity contribution in [2.24, 2.45) is 5.92 Å². The smallest absolute Gasteiger partial charge is 0.242 e. The molecule has 2 heterocycles. The molecule has 2 aromatic rings. The van der Waals surface area contributed by atoms with Crippen LogP contribution in [0.4, 0.5) is 0 Å². The summed E-state index contributed by atoms with van der Waals surface area (Å²) in [6, 6.07) is 19.3. The molecule has 2 saturated heterocycles. The van der Waals surface area contributed by atoms with Crippen molar-refractivity contribution in [2.75, 3.05) is 40.3 Å². The third kappa shape index (κ3) is 5.21. The number of likely N-dealkylation sites (N-methyl/N-ethyl adjacent to an activating group) is 1. The lowest BCUT2D eigenvalue weighted by Gasteiger charge is -2.46. The van der Waals surface area contributed by atoms with Crippen LogP contribution in [0.25, 0.3) is 0 Å². The monoisotopic (exact) mass is 483 g/mol. The third-order valence-corrected chi connectivity index (χ3v) is 9.69. The van der Waals surface area contributed by atoms with Crippen LogP contribution < -0.4 is 0 Å². The highest BCUT2D eigenvalue weighted by Crippen LogP contribution is 2.34. The van der Waals surface area contributed by atoms with E-state index in [0.717, 1.165) is 44.5 Å². The van der Waals surface area contributed by atoms with Crippen LogP contribution in [-0.4, -0.2) is 74.7 Å². The number of nitrogens with zero attached hydrogens (tertiary/aromatic N) is 3. The summed E-state index contributed by atoms with van der Waals surface area (Å²) in [7, 11) is 0.0649. The Morgan fingerprint density at radius 2 is 1.68 bits per heavy atom. The number of amides is 1. The average Bonchev–Trinajstić information content (AvgIpc) is 2.86. The highest BCUT2D eigenvalue weighted by molar-refractivity contribution is 7.89. The van der Waals surface area contributed by atoms with Gasteiger partial charge in [0.1, 0.15) is 0 Å². The third-order valence-electron chi connectivity index (χ3n) is 7.87. The minimum atomic E-state index is -3.57. The quantitative estimate of drug-likeness (QED) is 0.576. The Labute approximate surface area is 204 Å². The van der Waals surface area contributed by atoms with E-state index >= 15 is 0 Å². The summed E-state index contributed by atoms with van der Waals surface area (Å²) in [6.45, 7) is 5.48. The van der Waals surface area contributed by atoms with Gasteiger partial charge in [-0.2, -0.15) is 0 Å². The first-order chi connectivity index (χ1) is 16.2. The van der Waals surface area contributed by atoms with Crippen LogP contribution in [0.3, 0.4) is 0 Å². The van der Waals surface area contributed by atoms with Crippen LogP contribution in [0.2, 0.25) is 0 Å². The molecule has 0 spiro atoms. The molecule has 0 saturated carbocycles. The molecule has 0 bridgehead atoms. The Morgan fingerprint density at radius 3 is 2.35 bits per heavy atom. The molecule has 3 unspecified atom stereocenters. The van der Waals surface area contributed by atoms with E-state index < -0.39 is 10.0 Å². The standard InChI is InChI=1S/C27H37N3O3S/c1-27(23-10-6-4-7-11-23,21-28(2)34(32,33)24-12-8-5-9-13-24)17-19-30-18-16-25-22(20-30)14-15-26(31)29(25)3/h4-13,22,25H,14-21H2,1-3H3. The molecule has 34 heavy (non-hydrogen) atoms. The van der Waals surface area contributed by atoms with Gasteiger partial charge in [-0.1, -0.05) is 55.5 Å². The zero-order valence-corrected chi connectivity index (χ0v) is 21.4. The molecule has 4 rings (SSSR count). The number of rotatable bonds is 8. The van der Waals surface area contributed by atoms with Gasteiger partial charge in [0.2, 0.25) is 15.9 Å². The molecule has 7 heteroatoms. The minimum Gasteiger partial charge on any atom is -0.342 e. The fraction of sp³-hybridized carbons (Fsp3) is 0.519. The van der Waals surface area contributed by atoms with Crippen LogP contribution >= 0.6 is 0 Å². The van der Waals surface area contributed by atoms with Crippen LogP contribution in [-0.2, 0) is 20.2 Å². The average molecular weight is 484 g/mol. The maximum atomic E-state index is 13.2. The van der Waals surface area contributed by atoms with Crippen molar-refractivity contribution in [3.63, 3.8) is 0 Å². The van der Waals surface area contributed by atoms with Gasteiger partial charge in [0.25, 0.3) is 0 Å². The first kappa shape index (κ1) is 24.9. The van der Waals surface area contributed by atoms with E-state index in [1.165, 1.54) is 4.31 Å². The molecule has 3 atom stereocenters. The maximum Gasteiger partial charge on any atom is 0.242 e. The van der Waals surface area contributed by atoms with Crippen molar-refractivity contribution in [3.8, 4) is 0 Å². The summed E-state index contributed by atoms with van der Waals surface area (Å²) in [5.74, 6) is 0.801. The molecule has 0 aromatic heterocycles. The van der Waals surface area contributed by atoms with Gasteiger partial charge >= 0.3 is 0 Å². The topological polar surface area (TPSA) is 60.9 Å². The van der Waals surface area contributed by atoms with Crippen LogP contribution in [0.1, 0.15) is 38.2 Å². The Morgan fingerprint density at radius 1 is 1.03 bits per heavy atom. The number of likely N-dealkylation sites (tertiary alicyclic amines) is 2. The van der Waals surface area contributed by atoms with Crippen LogP contribution in [0.5, 0.6) is 0 Å². The summed E-state index contributed by atoms with van der Waals surface area (Å²) in [5, 5.41) is 0. The number of benzene rings is 2. The molecule has 2 aliphatic rings. The number of carbonyl (C=O) groups is 1. The molecule has 2 aliphatic heterocycles. The largest absolute Gasteiger partial charge is 0.342 e. The second-order valence-electron chi connectivity index (χ2n) is 10.2. The molecular weight excluding hydrogens is 446 g/mol. The maximum absolute atomic E-state index is 13.2. The number of hydrogen-bond donors (Lipinski definition) is 0. The summed E-state index contributed by atoms with van der Waals surface area (Å²) in [5.41, 5.74) is 0.830. The number of carbonyl (C=O) groups excluding carboxylic acids is 1. The Balaban J connectivity index is 1.48. The second kappa shape index (κ2) is 10.2. The Kier molecular flexibility index (Phi) is 7.45. The normalized spacial score (nSPS) is 23.5. The van der Waals surface area contributed by atoms with Crippen molar-refractivity contribution in [1.82, 2.24) is 14.1 Å². The number of hydrogen-bond acceptors (Lipinski definition) is 4. The molecule has 2 fully saturated rings. The minimum absolute atomic E-state index is 0.272. The van der Waals surface area contributed by atoms with Crippen molar-refractivity contribution >= 4 is 15.9 Å². The molecule has 184 valence electrons. The molecule has 6 nitrogen and oxygen atoms in total. The fourth-order valence-corrected chi connectivity index (χ4v) is 6.99. The van der Waals surface area contributed by atoms with Crippen molar-refractivity contribution in [2.45, 2.75) is 49.0 Å². The molecule has 0 N–H and O–H groups in total. The lowest BCUT2D eigenvalue weighted by molar-refractivity contribution is -0.138. The number of fused-ring (bicyclic) bond motifs is 1. The van der Waals surface area contributed by atoms with E-state index in [1.807, 2.05) is 36.2 Å². The Hall–Kier alpha value is -2.22. The molecule has 2 aromatic carbocycles. The molecular formula is C27H37N3O3S. The van der Waals surface area contributed by atoms with Crippen LogP contribution in [0.15, 0.2) is 65.6 Å². The van der Waals surface area contributed by atoms with E-state index in [4.69, 9.17) is 0 Å². The van der Waals surface area contributed by atoms with E-state index in [1.54, 1.807) is 31.3 Å². The molecule has 1 amide bonds. The van der Waals surface area contributed by atoms with Crippen LogP contribution in [0, 0.1) is 5.92 Å². The van der Waals surface area contributed by atoms with Gasteiger partial charge in [0.05, 0.1) is 4.90 Å². The fourth-order valence-electron chi connectivity index (χ4n) is 5.67. The number of sulfonamides is 1. The van der Waals surface area contributed by atoms with Gasteiger partial charge < -0.3 is 9.80 Å². The van der Waals surface area contributed by atoms with Gasteiger partial charge in [-0.15, -0.1) is 0 Å². The second-order valence-corrected chi connectivity index (χ2v) is 12.3. The number of piperidine rings is 2. The predicted molar refractivity (Wildman–Crippen MR) is 135 cm³/mol. The zero-order chi connectivity index (χ0) is 24.3. The Bertz CT molecular complexity index is 1080. The van der Waals surface area contributed by atoms with Gasteiger partial charge in [0, 0.05) is 51.6 Å². The van der Waals surface area contributed by atoms with Gasteiger partial charge in [-0.25, -0.2) is 12.7 Å². The van der Waals surface area contributed by atoms with Gasteiger partial charge in [-0.3, -0.25) is 4.79 Å². The highest BCUT2D eigenvalue weighted by atomic mass is 32.2.